The Morgan fingerprint density at radius 1 is 1.12 bits per heavy atom. The first-order valence-corrected chi connectivity index (χ1v) is 14.2. The van der Waals surface area contributed by atoms with E-state index in [0.717, 1.165) is 16.4 Å². The molecule has 2 atom stereocenters. The number of amides is 2. The summed E-state index contributed by atoms with van der Waals surface area (Å²) in [5.41, 5.74) is 2.76. The number of rotatable bonds is 3. The summed E-state index contributed by atoms with van der Waals surface area (Å²) < 4.78 is 3.77. The van der Waals surface area contributed by atoms with E-state index in [9.17, 15) is 14.7 Å². The van der Waals surface area contributed by atoms with Crippen LogP contribution in [0, 0.1) is 0 Å². The normalized spacial score (nSPS) is 18.5. The summed E-state index contributed by atoms with van der Waals surface area (Å²) in [6.07, 6.45) is 0.584. The van der Waals surface area contributed by atoms with Crippen molar-refractivity contribution in [2.75, 3.05) is 6.54 Å². The molecule has 0 radical (unpaired) electrons. The number of carbonyl (C=O) groups excluding carboxylic acids is 2. The second kappa shape index (κ2) is 8.76. The van der Waals surface area contributed by atoms with Gasteiger partial charge in [-0.3, -0.25) is 14.3 Å². The highest BCUT2D eigenvalue weighted by atomic mass is 35.5. The number of hydrogen-bond donors (Lipinski definition) is 1. The van der Waals surface area contributed by atoms with E-state index in [0.29, 0.717) is 47.4 Å². The second-order valence-electron chi connectivity index (χ2n) is 8.88. The largest absolute Gasteiger partial charge is 0.508 e. The molecule has 1 N–H and O–H groups in total. The number of hydrogen-bond acceptors (Lipinski definition) is 4. The fraction of sp³-hybridized carbons (Fsp3) is 0.292. The van der Waals surface area contributed by atoms with Crippen molar-refractivity contribution in [3.8, 4) is 5.75 Å². The lowest BCUT2D eigenvalue weighted by atomic mass is 9.98. The van der Waals surface area contributed by atoms with Crippen molar-refractivity contribution in [1.82, 2.24) is 19.2 Å². The SMILES string of the molecule is C[C@@H]1Cc2nn3c(c2CN1C(=O)c1ccc(Cl)c(Cl)c1)C(=O)N([Si@@H](C)c1ccc(O)cc1)CC3. The number of nitrogens with zero attached hydrogens (tertiary/aromatic N) is 4. The fourth-order valence-corrected chi connectivity index (χ4v) is 7.19. The molecule has 3 aromatic rings. The number of benzene rings is 2. The van der Waals surface area contributed by atoms with E-state index in [2.05, 4.69) is 6.55 Å². The first-order chi connectivity index (χ1) is 16.2. The van der Waals surface area contributed by atoms with Crippen molar-refractivity contribution >= 4 is 49.2 Å². The monoisotopic (exact) mass is 514 g/mol. The van der Waals surface area contributed by atoms with Crippen LogP contribution in [-0.4, -0.2) is 57.7 Å². The van der Waals surface area contributed by atoms with Crippen LogP contribution in [0.2, 0.25) is 16.6 Å². The summed E-state index contributed by atoms with van der Waals surface area (Å²) in [5, 5.41) is 16.2. The van der Waals surface area contributed by atoms with Crippen LogP contribution in [0.15, 0.2) is 42.5 Å². The quantitative estimate of drug-likeness (QED) is 0.544. The summed E-state index contributed by atoms with van der Waals surface area (Å²) in [4.78, 5) is 28.8. The number of halogens is 2. The number of phenolic OH excluding ortho intramolecular Hbond substituents is 1. The van der Waals surface area contributed by atoms with Crippen LogP contribution in [0.3, 0.4) is 0 Å². The van der Waals surface area contributed by atoms with E-state index in [1.165, 1.54) is 0 Å². The summed E-state index contributed by atoms with van der Waals surface area (Å²) in [5.74, 6) is 0.0234. The average Bonchev–Trinajstić information content (AvgIpc) is 3.18. The summed E-state index contributed by atoms with van der Waals surface area (Å²) in [6, 6.07) is 11.9. The Morgan fingerprint density at radius 2 is 1.85 bits per heavy atom. The lowest BCUT2D eigenvalue weighted by molar-refractivity contribution is 0.0652. The Labute approximate surface area is 209 Å². The van der Waals surface area contributed by atoms with Crippen molar-refractivity contribution in [3.05, 3.63) is 75.0 Å². The zero-order chi connectivity index (χ0) is 24.1. The highest BCUT2D eigenvalue weighted by molar-refractivity contribution is 6.71. The smallest absolute Gasteiger partial charge is 0.264 e. The molecule has 0 saturated carbocycles. The van der Waals surface area contributed by atoms with E-state index < -0.39 is 8.96 Å². The van der Waals surface area contributed by atoms with Crippen LogP contribution in [0.1, 0.15) is 39.0 Å². The predicted molar refractivity (Wildman–Crippen MR) is 134 cm³/mol. The summed E-state index contributed by atoms with van der Waals surface area (Å²) >= 11 is 12.2. The third-order valence-electron chi connectivity index (χ3n) is 6.77. The van der Waals surface area contributed by atoms with Crippen LogP contribution >= 0.6 is 23.2 Å². The van der Waals surface area contributed by atoms with Crippen LogP contribution in [0.25, 0.3) is 0 Å². The molecule has 7 nitrogen and oxygen atoms in total. The average molecular weight is 515 g/mol. The summed E-state index contributed by atoms with van der Waals surface area (Å²) in [6.45, 7) is 5.65. The Hall–Kier alpha value is -2.81. The van der Waals surface area contributed by atoms with Gasteiger partial charge < -0.3 is 14.6 Å². The van der Waals surface area contributed by atoms with Crippen molar-refractivity contribution in [1.29, 1.82) is 0 Å². The molecule has 2 aliphatic rings. The number of aromatic hydroxyl groups is 1. The van der Waals surface area contributed by atoms with E-state index in [1.54, 1.807) is 39.9 Å². The van der Waals surface area contributed by atoms with Gasteiger partial charge in [-0.25, -0.2) is 0 Å². The van der Waals surface area contributed by atoms with Gasteiger partial charge in [0.15, 0.2) is 8.96 Å². The zero-order valence-electron chi connectivity index (χ0n) is 18.8. The van der Waals surface area contributed by atoms with E-state index in [1.807, 2.05) is 23.6 Å². The number of phenols is 1. The molecule has 2 amide bonds. The molecule has 2 aromatic carbocycles. The number of fused-ring (bicyclic) bond motifs is 3. The van der Waals surface area contributed by atoms with Crippen LogP contribution in [0.5, 0.6) is 5.75 Å². The first-order valence-electron chi connectivity index (χ1n) is 11.2. The second-order valence-corrected chi connectivity index (χ2v) is 12.3. The van der Waals surface area contributed by atoms with Gasteiger partial charge in [0.2, 0.25) is 0 Å². The van der Waals surface area contributed by atoms with Crippen LogP contribution in [-0.2, 0) is 19.5 Å². The van der Waals surface area contributed by atoms with Crippen LogP contribution in [0.4, 0.5) is 0 Å². The molecule has 0 fully saturated rings. The van der Waals surface area contributed by atoms with E-state index in [-0.39, 0.29) is 23.6 Å². The molecular weight excluding hydrogens is 491 g/mol. The molecule has 34 heavy (non-hydrogen) atoms. The van der Waals surface area contributed by atoms with Gasteiger partial charge in [-0.2, -0.15) is 5.10 Å². The minimum absolute atomic E-state index is 0.0382. The Kier molecular flexibility index (Phi) is 5.91. The number of carbonyl (C=O) groups is 2. The molecule has 2 aliphatic heterocycles. The molecule has 0 bridgehead atoms. The van der Waals surface area contributed by atoms with E-state index >= 15 is 0 Å². The standard InChI is InChI=1S/C24H24Cl2N4O3Si/c1-14-11-21-18(13-28(14)23(32)15-3-8-19(25)20(26)12-15)22-24(33)30(10-9-29(22)27-21)34(2)17-6-4-16(31)5-7-17/h3-8,12,14,31,34H,9-11,13H2,1-2H3/t14-,34+/m1/s1. The van der Waals surface area contributed by atoms with Crippen molar-refractivity contribution in [3.63, 3.8) is 0 Å². The molecule has 0 saturated heterocycles. The van der Waals surface area contributed by atoms with Gasteiger partial charge in [0.1, 0.15) is 11.4 Å². The lowest BCUT2D eigenvalue weighted by Gasteiger charge is -2.35. The third-order valence-corrected chi connectivity index (χ3v) is 10.3. The molecular formula is C24H24Cl2N4O3Si. The van der Waals surface area contributed by atoms with Crippen LogP contribution < -0.4 is 5.19 Å². The maximum absolute atomic E-state index is 13.7. The zero-order valence-corrected chi connectivity index (χ0v) is 21.5. The van der Waals surface area contributed by atoms with Gasteiger partial charge in [-0.15, -0.1) is 0 Å². The molecule has 0 unspecified atom stereocenters. The molecule has 5 rings (SSSR count). The number of aromatic nitrogens is 2. The van der Waals surface area contributed by atoms with Gasteiger partial charge in [0, 0.05) is 30.1 Å². The van der Waals surface area contributed by atoms with Gasteiger partial charge in [0.25, 0.3) is 11.8 Å². The van der Waals surface area contributed by atoms with E-state index in [4.69, 9.17) is 28.3 Å². The predicted octanol–water partition coefficient (Wildman–Crippen LogP) is 3.20. The maximum atomic E-state index is 13.7. The molecule has 10 heteroatoms. The molecule has 1 aromatic heterocycles. The summed E-state index contributed by atoms with van der Waals surface area (Å²) in [7, 11) is -1.78. The first kappa shape index (κ1) is 23.0. The highest BCUT2D eigenvalue weighted by Crippen LogP contribution is 2.31. The van der Waals surface area contributed by atoms with Crippen molar-refractivity contribution in [2.45, 2.75) is 39.0 Å². The Balaban J connectivity index is 1.44. The highest BCUT2D eigenvalue weighted by Gasteiger charge is 2.38. The lowest BCUT2D eigenvalue weighted by Crippen LogP contribution is -2.53. The molecule has 0 aliphatic carbocycles. The Morgan fingerprint density at radius 3 is 2.56 bits per heavy atom. The topological polar surface area (TPSA) is 78.7 Å². The molecule has 176 valence electrons. The minimum atomic E-state index is -1.78. The van der Waals surface area contributed by atoms with Crippen molar-refractivity contribution < 1.29 is 14.7 Å². The maximum Gasteiger partial charge on any atom is 0.264 e. The van der Waals surface area contributed by atoms with Gasteiger partial charge in [-0.05, 0) is 49.0 Å². The fourth-order valence-electron chi connectivity index (χ4n) is 4.81. The van der Waals surface area contributed by atoms with Gasteiger partial charge in [-0.1, -0.05) is 35.3 Å². The van der Waals surface area contributed by atoms with Gasteiger partial charge in [0.05, 0.1) is 28.8 Å². The Bertz CT molecular complexity index is 1290. The molecule has 0 spiro atoms. The van der Waals surface area contributed by atoms with Crippen molar-refractivity contribution in [2.24, 2.45) is 0 Å². The van der Waals surface area contributed by atoms with Gasteiger partial charge >= 0.3 is 0 Å². The third kappa shape index (κ3) is 3.89. The molecule has 3 heterocycles. The minimum Gasteiger partial charge on any atom is -0.508 e.